The van der Waals surface area contributed by atoms with E-state index in [1.54, 1.807) is 6.92 Å². The number of fused-ring (bicyclic) bond motifs is 1. The largest absolute Gasteiger partial charge is 0.481 e. The Balaban J connectivity index is 1.32. The zero-order chi connectivity index (χ0) is 20.9. The lowest BCUT2D eigenvalue weighted by molar-refractivity contribution is -0.137. The van der Waals surface area contributed by atoms with Gasteiger partial charge in [0.15, 0.2) is 11.6 Å². The van der Waals surface area contributed by atoms with E-state index in [0.29, 0.717) is 24.0 Å². The molecule has 0 aliphatic carbocycles. The van der Waals surface area contributed by atoms with Crippen LogP contribution in [0.15, 0.2) is 21.2 Å². The van der Waals surface area contributed by atoms with Crippen molar-refractivity contribution in [2.24, 2.45) is 0 Å². The average Bonchev–Trinajstić information content (AvgIpc) is 3.36. The van der Waals surface area contributed by atoms with E-state index < -0.39 is 11.9 Å². The van der Waals surface area contributed by atoms with Crippen molar-refractivity contribution in [1.29, 1.82) is 0 Å². The second kappa shape index (κ2) is 9.02. The third-order valence-corrected chi connectivity index (χ3v) is 5.03. The molecule has 1 unspecified atom stereocenters. The van der Waals surface area contributed by atoms with Crippen LogP contribution < -0.4 is 5.32 Å². The first-order valence-electron chi connectivity index (χ1n) is 10.1. The van der Waals surface area contributed by atoms with Gasteiger partial charge in [0.1, 0.15) is 5.82 Å². The third-order valence-electron chi connectivity index (χ3n) is 5.03. The molecule has 3 aromatic rings. The number of anilines is 1. The molecule has 3 aromatic heterocycles. The number of nitrogens with zero attached hydrogens (tertiary/aromatic N) is 5. The molecule has 30 heavy (non-hydrogen) atoms. The molecule has 0 amide bonds. The van der Waals surface area contributed by atoms with E-state index in [9.17, 15) is 4.79 Å². The minimum absolute atomic E-state index is 0.155. The molecule has 158 valence electrons. The number of hydrogen-bond donors (Lipinski definition) is 2. The number of carboxylic acids is 1. The van der Waals surface area contributed by atoms with Gasteiger partial charge < -0.3 is 19.5 Å². The first kappa shape index (κ1) is 20.0. The number of nitrogens with one attached hydrogen (secondary N) is 1. The van der Waals surface area contributed by atoms with Crippen molar-refractivity contribution in [3.63, 3.8) is 0 Å². The number of aryl methyl sites for hydroxylation is 4. The van der Waals surface area contributed by atoms with Gasteiger partial charge in [-0.1, -0.05) is 16.4 Å². The van der Waals surface area contributed by atoms with E-state index in [-0.39, 0.29) is 18.7 Å². The molecule has 0 aromatic carbocycles. The highest BCUT2D eigenvalue weighted by Gasteiger charge is 2.25. The van der Waals surface area contributed by atoms with Crippen LogP contribution in [-0.4, -0.2) is 42.9 Å². The number of rotatable bonds is 9. The van der Waals surface area contributed by atoms with Crippen molar-refractivity contribution < 1.29 is 18.9 Å². The van der Waals surface area contributed by atoms with Gasteiger partial charge in [-0.15, -0.1) is 0 Å². The van der Waals surface area contributed by atoms with Crippen molar-refractivity contribution in [2.75, 3.05) is 11.9 Å². The normalized spacial score (nSPS) is 14.2. The Bertz CT molecular complexity index is 1010. The zero-order valence-electron chi connectivity index (χ0n) is 16.8. The smallest absolute Gasteiger partial charge is 0.304 e. The first-order valence-corrected chi connectivity index (χ1v) is 10.1. The van der Waals surface area contributed by atoms with Crippen LogP contribution in [-0.2, 0) is 30.5 Å². The van der Waals surface area contributed by atoms with Gasteiger partial charge in [-0.25, -0.2) is 4.98 Å². The van der Waals surface area contributed by atoms with Crippen LogP contribution >= 0.6 is 0 Å². The summed E-state index contributed by atoms with van der Waals surface area (Å²) in [6.07, 6.45) is 4.62. The predicted molar refractivity (Wildman–Crippen MR) is 105 cm³/mol. The van der Waals surface area contributed by atoms with E-state index in [2.05, 4.69) is 37.7 Å². The number of pyridine rings is 1. The molecule has 2 N–H and O–H groups in total. The highest BCUT2D eigenvalue weighted by Crippen LogP contribution is 2.23. The van der Waals surface area contributed by atoms with Crippen LogP contribution in [0.3, 0.4) is 0 Å². The Morgan fingerprint density at radius 3 is 2.90 bits per heavy atom. The summed E-state index contributed by atoms with van der Waals surface area (Å²) >= 11 is 0. The molecular weight excluding hydrogens is 388 g/mol. The lowest BCUT2D eigenvalue weighted by Gasteiger charge is -2.17. The van der Waals surface area contributed by atoms with Crippen LogP contribution in [0.1, 0.15) is 59.9 Å². The minimum Gasteiger partial charge on any atom is -0.481 e. The molecule has 0 fully saturated rings. The number of carbonyl (C=O) groups is 1. The fraction of sp³-hybridized carbons (Fsp3) is 0.500. The minimum atomic E-state index is -0.956. The van der Waals surface area contributed by atoms with E-state index in [0.717, 1.165) is 43.7 Å². The lowest BCUT2D eigenvalue weighted by atomic mass is 10.0. The maximum atomic E-state index is 11.2. The molecule has 1 atom stereocenters. The Hall–Kier alpha value is -3.30. The number of aliphatic carboxylic acids is 1. The van der Waals surface area contributed by atoms with Crippen LogP contribution in [0, 0.1) is 6.92 Å². The molecule has 10 nitrogen and oxygen atoms in total. The van der Waals surface area contributed by atoms with Crippen LogP contribution in [0.25, 0.3) is 0 Å². The Kier molecular flexibility index (Phi) is 6.01. The monoisotopic (exact) mass is 412 g/mol. The summed E-state index contributed by atoms with van der Waals surface area (Å²) in [6.45, 7) is 2.66. The maximum Gasteiger partial charge on any atom is 0.304 e. The molecule has 1 aliphatic heterocycles. The molecule has 1 aliphatic rings. The fourth-order valence-electron chi connectivity index (χ4n) is 3.56. The fourth-order valence-corrected chi connectivity index (χ4v) is 3.56. The van der Waals surface area contributed by atoms with Crippen molar-refractivity contribution in [3.8, 4) is 0 Å². The molecule has 0 saturated heterocycles. The third kappa shape index (κ3) is 5.00. The number of carboxylic acid groups (broad SMARTS) is 1. The van der Waals surface area contributed by atoms with Gasteiger partial charge in [0.05, 0.1) is 12.3 Å². The Labute approximate surface area is 173 Å². The molecule has 0 bridgehead atoms. The highest BCUT2D eigenvalue weighted by molar-refractivity contribution is 5.67. The standard InChI is InChI=1S/C20H24N6O4/c1-12-22-20(30-25-12)14(11-18(27)28)10-17-24-16(26-29-17)6-2-5-15-8-7-13-4-3-9-21-19(13)23-15/h7-8,14H,2-6,9-11H2,1H3,(H,21,23)(H,27,28). The predicted octanol–water partition coefficient (Wildman–Crippen LogP) is 2.49. The SMILES string of the molecule is Cc1noc(C(CC(=O)O)Cc2nc(CCCc3ccc4c(n3)NCCC4)no2)n1. The second-order valence-electron chi connectivity index (χ2n) is 7.48. The van der Waals surface area contributed by atoms with Gasteiger partial charge in [-0.3, -0.25) is 4.79 Å². The van der Waals surface area contributed by atoms with Gasteiger partial charge in [-0.2, -0.15) is 9.97 Å². The summed E-state index contributed by atoms with van der Waals surface area (Å²) < 4.78 is 10.4. The van der Waals surface area contributed by atoms with E-state index >= 15 is 0 Å². The summed E-state index contributed by atoms with van der Waals surface area (Å²) in [5.41, 5.74) is 2.32. The van der Waals surface area contributed by atoms with Crippen molar-refractivity contribution in [1.82, 2.24) is 25.3 Å². The van der Waals surface area contributed by atoms with Crippen LogP contribution in [0.2, 0.25) is 0 Å². The van der Waals surface area contributed by atoms with E-state index in [4.69, 9.17) is 19.1 Å². The van der Waals surface area contributed by atoms with Crippen molar-refractivity contribution in [3.05, 3.63) is 46.8 Å². The molecular formula is C20H24N6O4. The highest BCUT2D eigenvalue weighted by atomic mass is 16.5. The van der Waals surface area contributed by atoms with Crippen LogP contribution in [0.5, 0.6) is 0 Å². The summed E-state index contributed by atoms with van der Waals surface area (Å²) in [4.78, 5) is 24.4. The first-order chi connectivity index (χ1) is 14.6. The molecule has 0 radical (unpaired) electrons. The summed E-state index contributed by atoms with van der Waals surface area (Å²) in [7, 11) is 0. The van der Waals surface area contributed by atoms with Crippen LogP contribution in [0.4, 0.5) is 5.82 Å². The van der Waals surface area contributed by atoms with Crippen molar-refractivity contribution in [2.45, 2.75) is 57.8 Å². The second-order valence-corrected chi connectivity index (χ2v) is 7.48. The van der Waals surface area contributed by atoms with Gasteiger partial charge >= 0.3 is 5.97 Å². The molecule has 10 heteroatoms. The summed E-state index contributed by atoms with van der Waals surface area (Å²) in [6, 6.07) is 4.23. The number of aromatic nitrogens is 5. The number of hydrogen-bond acceptors (Lipinski definition) is 9. The summed E-state index contributed by atoms with van der Waals surface area (Å²) in [5, 5.41) is 20.3. The van der Waals surface area contributed by atoms with Gasteiger partial charge in [0.25, 0.3) is 0 Å². The quantitative estimate of drug-likeness (QED) is 0.538. The van der Waals surface area contributed by atoms with Gasteiger partial charge in [0, 0.05) is 25.1 Å². The van der Waals surface area contributed by atoms with Gasteiger partial charge in [-0.05, 0) is 44.2 Å². The lowest BCUT2D eigenvalue weighted by Crippen LogP contribution is -2.14. The zero-order valence-corrected chi connectivity index (χ0v) is 16.8. The maximum absolute atomic E-state index is 11.2. The molecule has 4 heterocycles. The average molecular weight is 412 g/mol. The van der Waals surface area contributed by atoms with E-state index in [1.165, 1.54) is 5.56 Å². The molecule has 0 saturated carbocycles. The van der Waals surface area contributed by atoms with Gasteiger partial charge in [0.2, 0.25) is 11.8 Å². The topological polar surface area (TPSA) is 140 Å². The van der Waals surface area contributed by atoms with Crippen molar-refractivity contribution >= 4 is 11.8 Å². The van der Waals surface area contributed by atoms with E-state index in [1.807, 2.05) is 0 Å². The molecule has 0 spiro atoms. The summed E-state index contributed by atoms with van der Waals surface area (Å²) in [5.74, 6) is 1.22. The molecule has 4 rings (SSSR count). The Morgan fingerprint density at radius 2 is 2.10 bits per heavy atom. The Morgan fingerprint density at radius 1 is 1.20 bits per heavy atom.